The van der Waals surface area contributed by atoms with Crippen LogP contribution in [0.1, 0.15) is 13.3 Å². The van der Waals surface area contributed by atoms with Gasteiger partial charge in [-0.2, -0.15) is 0 Å². The Morgan fingerprint density at radius 1 is 1.71 bits per heavy atom. The number of carbonyl (C=O) groups excluding carboxylic acids is 1. The molecule has 0 aliphatic heterocycles. The van der Waals surface area contributed by atoms with E-state index in [-0.39, 0.29) is 0 Å². The summed E-state index contributed by atoms with van der Waals surface area (Å²) in [4.78, 5) is 9.84. The Hall–Kier alpha value is 0.630. The third-order valence-corrected chi connectivity index (χ3v) is 2.04. The molecule has 1 nitrogen and oxygen atoms in total. The summed E-state index contributed by atoms with van der Waals surface area (Å²) < 4.78 is -0.597. The predicted octanol–water partition coefficient (Wildman–Crippen LogP) is 1.99. The Morgan fingerprint density at radius 2 is 2.14 bits per heavy atom. The SMILES string of the molecule is CCC(Br)(Br)[C]=O. The summed E-state index contributed by atoms with van der Waals surface area (Å²) in [5.41, 5.74) is 0. The van der Waals surface area contributed by atoms with E-state index in [2.05, 4.69) is 31.9 Å². The van der Waals surface area contributed by atoms with E-state index in [0.717, 1.165) is 0 Å². The van der Waals surface area contributed by atoms with E-state index in [9.17, 15) is 4.79 Å². The van der Waals surface area contributed by atoms with Crippen molar-refractivity contribution < 1.29 is 4.79 Å². The molecule has 0 aliphatic carbocycles. The first-order valence-corrected chi connectivity index (χ1v) is 3.48. The molecular weight excluding hydrogens is 224 g/mol. The monoisotopic (exact) mass is 227 g/mol. The Morgan fingerprint density at radius 3 is 2.14 bits per heavy atom. The molecule has 0 unspecified atom stereocenters. The molecule has 3 heteroatoms. The zero-order valence-corrected chi connectivity index (χ0v) is 7.04. The second-order valence-electron chi connectivity index (χ2n) is 1.16. The van der Waals surface area contributed by atoms with Crippen LogP contribution in [-0.2, 0) is 4.79 Å². The molecule has 0 bridgehead atoms. The number of hydrogen-bond donors (Lipinski definition) is 0. The third-order valence-electron chi connectivity index (χ3n) is 0.593. The van der Waals surface area contributed by atoms with Crippen molar-refractivity contribution in [1.82, 2.24) is 0 Å². The van der Waals surface area contributed by atoms with Crippen molar-refractivity contribution in [3.8, 4) is 0 Å². The van der Waals surface area contributed by atoms with Gasteiger partial charge in [0.2, 0.25) is 6.29 Å². The quantitative estimate of drug-likeness (QED) is 0.661. The number of rotatable bonds is 2. The van der Waals surface area contributed by atoms with Gasteiger partial charge in [-0.3, -0.25) is 4.79 Å². The van der Waals surface area contributed by atoms with Gasteiger partial charge in [0.05, 0.1) is 0 Å². The van der Waals surface area contributed by atoms with Gasteiger partial charge < -0.3 is 0 Å². The van der Waals surface area contributed by atoms with Crippen molar-refractivity contribution in [3.05, 3.63) is 0 Å². The van der Waals surface area contributed by atoms with Crippen LogP contribution < -0.4 is 0 Å². The molecule has 0 aromatic carbocycles. The summed E-state index contributed by atoms with van der Waals surface area (Å²) in [6.07, 6.45) is 2.48. The van der Waals surface area contributed by atoms with Gasteiger partial charge in [-0.05, 0) is 6.42 Å². The van der Waals surface area contributed by atoms with Crippen molar-refractivity contribution in [1.29, 1.82) is 0 Å². The summed E-state index contributed by atoms with van der Waals surface area (Å²) in [5, 5.41) is 0. The largest absolute Gasteiger partial charge is 0.288 e. The topological polar surface area (TPSA) is 17.1 Å². The molecule has 0 amide bonds. The first-order chi connectivity index (χ1) is 3.12. The van der Waals surface area contributed by atoms with E-state index < -0.39 is 3.23 Å². The first-order valence-electron chi connectivity index (χ1n) is 1.89. The van der Waals surface area contributed by atoms with Crippen LogP contribution in [-0.4, -0.2) is 9.52 Å². The Labute approximate surface area is 59.7 Å². The highest BCUT2D eigenvalue weighted by Crippen LogP contribution is 2.26. The zero-order valence-electron chi connectivity index (χ0n) is 3.87. The molecule has 0 atom stereocenters. The highest BCUT2D eigenvalue weighted by atomic mass is 79.9. The van der Waals surface area contributed by atoms with Crippen LogP contribution in [0.4, 0.5) is 0 Å². The van der Waals surface area contributed by atoms with Crippen molar-refractivity contribution in [2.75, 3.05) is 0 Å². The molecule has 0 saturated carbocycles. The van der Waals surface area contributed by atoms with E-state index in [1.54, 1.807) is 6.29 Å². The molecule has 0 saturated heterocycles. The fourth-order valence-electron chi connectivity index (χ4n) is 0.0722. The highest BCUT2D eigenvalue weighted by Gasteiger charge is 2.18. The maximum absolute atomic E-state index is 9.84. The van der Waals surface area contributed by atoms with Gasteiger partial charge in [-0.25, -0.2) is 0 Å². The van der Waals surface area contributed by atoms with Gasteiger partial charge in [0.15, 0.2) is 0 Å². The Balaban J connectivity index is 3.58. The van der Waals surface area contributed by atoms with Crippen LogP contribution in [0.15, 0.2) is 0 Å². The van der Waals surface area contributed by atoms with E-state index in [0.29, 0.717) is 6.42 Å². The van der Waals surface area contributed by atoms with E-state index in [1.807, 2.05) is 6.92 Å². The summed E-state index contributed by atoms with van der Waals surface area (Å²) in [6.45, 7) is 1.88. The second-order valence-corrected chi connectivity index (χ2v) is 4.93. The predicted molar refractivity (Wildman–Crippen MR) is 36.6 cm³/mol. The lowest BCUT2D eigenvalue weighted by atomic mass is 10.4. The summed E-state index contributed by atoms with van der Waals surface area (Å²) >= 11 is 6.15. The second kappa shape index (κ2) is 2.82. The molecule has 0 spiro atoms. The lowest BCUT2D eigenvalue weighted by Gasteiger charge is -2.04. The van der Waals surface area contributed by atoms with Crippen molar-refractivity contribution in [2.24, 2.45) is 0 Å². The van der Waals surface area contributed by atoms with Gasteiger partial charge in [0, 0.05) is 0 Å². The van der Waals surface area contributed by atoms with Crippen LogP contribution in [0.5, 0.6) is 0 Å². The number of hydrogen-bond acceptors (Lipinski definition) is 1. The Bertz CT molecular complexity index is 70.1. The van der Waals surface area contributed by atoms with Crippen LogP contribution in [0.3, 0.4) is 0 Å². The average molecular weight is 229 g/mol. The molecule has 7 heavy (non-hydrogen) atoms. The lowest BCUT2D eigenvalue weighted by molar-refractivity contribution is 0.550. The lowest BCUT2D eigenvalue weighted by Crippen LogP contribution is -2.09. The molecule has 0 heterocycles. The molecule has 0 aliphatic rings. The van der Waals surface area contributed by atoms with Gasteiger partial charge in [0.25, 0.3) is 0 Å². The molecular formula is C4H5Br2O. The van der Waals surface area contributed by atoms with Crippen LogP contribution in [0.25, 0.3) is 0 Å². The number of alkyl halides is 2. The molecule has 0 aromatic rings. The molecule has 0 N–H and O–H groups in total. The van der Waals surface area contributed by atoms with Crippen molar-refractivity contribution in [2.45, 2.75) is 16.6 Å². The van der Waals surface area contributed by atoms with Crippen LogP contribution in [0, 0.1) is 0 Å². The number of halogens is 2. The molecule has 0 fully saturated rings. The Kier molecular flexibility index (Phi) is 3.08. The minimum absolute atomic E-state index is 0.597. The molecule has 0 rings (SSSR count). The zero-order chi connectivity index (χ0) is 5.91. The van der Waals surface area contributed by atoms with Crippen molar-refractivity contribution in [3.63, 3.8) is 0 Å². The van der Waals surface area contributed by atoms with E-state index >= 15 is 0 Å². The first kappa shape index (κ1) is 7.63. The fraction of sp³-hybridized carbons (Fsp3) is 0.750. The van der Waals surface area contributed by atoms with Crippen LogP contribution >= 0.6 is 31.9 Å². The molecule has 0 aromatic heterocycles. The summed E-state index contributed by atoms with van der Waals surface area (Å²) in [6, 6.07) is 0. The van der Waals surface area contributed by atoms with Gasteiger partial charge in [0.1, 0.15) is 3.23 Å². The normalized spacial score (nSPS) is 11.3. The minimum Gasteiger partial charge on any atom is -0.288 e. The van der Waals surface area contributed by atoms with Gasteiger partial charge in [-0.1, -0.05) is 38.8 Å². The molecule has 1 radical (unpaired) electrons. The van der Waals surface area contributed by atoms with E-state index in [4.69, 9.17) is 0 Å². The van der Waals surface area contributed by atoms with Crippen LogP contribution in [0.2, 0.25) is 0 Å². The van der Waals surface area contributed by atoms with E-state index in [1.165, 1.54) is 0 Å². The van der Waals surface area contributed by atoms with Gasteiger partial charge >= 0.3 is 0 Å². The molecule has 41 valence electrons. The highest BCUT2D eigenvalue weighted by molar-refractivity contribution is 9.25. The third kappa shape index (κ3) is 3.23. The fourth-order valence-corrected chi connectivity index (χ4v) is 0.0722. The maximum Gasteiger partial charge on any atom is 0.228 e. The smallest absolute Gasteiger partial charge is 0.228 e. The van der Waals surface area contributed by atoms with Crippen molar-refractivity contribution >= 4 is 38.1 Å². The average Bonchev–Trinajstić information content (AvgIpc) is 1.68. The standard InChI is InChI=1S/C4H5Br2O/c1-2-4(5,6)3-7/h2H2,1H3. The summed E-state index contributed by atoms with van der Waals surface area (Å²) in [5.74, 6) is 0. The maximum atomic E-state index is 9.84. The van der Waals surface area contributed by atoms with Gasteiger partial charge in [-0.15, -0.1) is 0 Å². The minimum atomic E-state index is -0.597. The summed E-state index contributed by atoms with van der Waals surface area (Å²) in [7, 11) is 0.